The first kappa shape index (κ1) is 23.9. The van der Waals surface area contributed by atoms with Crippen LogP contribution < -0.4 is 15.1 Å². The Bertz CT molecular complexity index is 1270. The number of fused-ring (bicyclic) bond motifs is 1. The first-order chi connectivity index (χ1) is 17.5. The van der Waals surface area contributed by atoms with Gasteiger partial charge in [0.25, 0.3) is 0 Å². The third-order valence-electron chi connectivity index (χ3n) is 7.34. The van der Waals surface area contributed by atoms with Gasteiger partial charge in [-0.05, 0) is 62.2 Å². The normalized spacial score (nSPS) is 19.3. The molecule has 6 nitrogen and oxygen atoms in total. The molecule has 3 aromatic rings. The summed E-state index contributed by atoms with van der Waals surface area (Å²) in [6.07, 6.45) is 2.99. The van der Waals surface area contributed by atoms with Crippen molar-refractivity contribution in [1.29, 1.82) is 0 Å². The Kier molecular flexibility index (Phi) is 6.68. The summed E-state index contributed by atoms with van der Waals surface area (Å²) in [5.74, 6) is 0.808. The molecule has 0 radical (unpaired) electrons. The zero-order valence-electron chi connectivity index (χ0n) is 21.2. The molecule has 0 unspecified atom stereocenters. The predicted molar refractivity (Wildman–Crippen MR) is 143 cm³/mol. The van der Waals surface area contributed by atoms with Crippen molar-refractivity contribution in [3.05, 3.63) is 89.5 Å². The van der Waals surface area contributed by atoms with Crippen molar-refractivity contribution in [1.82, 2.24) is 0 Å². The van der Waals surface area contributed by atoms with E-state index in [2.05, 4.69) is 48.3 Å². The third kappa shape index (κ3) is 4.21. The van der Waals surface area contributed by atoms with Crippen LogP contribution in [0, 0.1) is 0 Å². The third-order valence-corrected chi connectivity index (χ3v) is 7.34. The smallest absolute Gasteiger partial charge is 0.227 e. The van der Waals surface area contributed by atoms with E-state index in [1.807, 2.05) is 48.2 Å². The van der Waals surface area contributed by atoms with Crippen molar-refractivity contribution in [3.63, 3.8) is 0 Å². The molecule has 1 aliphatic heterocycles. The summed E-state index contributed by atoms with van der Waals surface area (Å²) < 4.78 is 5.68. The van der Waals surface area contributed by atoms with Crippen molar-refractivity contribution in [2.45, 2.75) is 52.0 Å². The van der Waals surface area contributed by atoms with E-state index in [0.717, 1.165) is 47.2 Å². The molecule has 1 amide bonds. The summed E-state index contributed by atoms with van der Waals surface area (Å²) in [4.78, 5) is 31.5. The van der Waals surface area contributed by atoms with Crippen molar-refractivity contribution >= 4 is 28.8 Å². The largest absolute Gasteiger partial charge is 0.469 e. The summed E-state index contributed by atoms with van der Waals surface area (Å²) >= 11 is 0. The van der Waals surface area contributed by atoms with Crippen LogP contribution in [0.15, 0.2) is 82.6 Å². The lowest BCUT2D eigenvalue weighted by Crippen LogP contribution is -2.38. The van der Waals surface area contributed by atoms with Crippen LogP contribution in [0.3, 0.4) is 0 Å². The van der Waals surface area contributed by atoms with E-state index in [4.69, 9.17) is 4.42 Å². The molecule has 2 heterocycles. The van der Waals surface area contributed by atoms with Crippen LogP contribution in [0.2, 0.25) is 0 Å². The molecule has 2 aromatic carbocycles. The van der Waals surface area contributed by atoms with Gasteiger partial charge in [0.1, 0.15) is 5.76 Å². The van der Waals surface area contributed by atoms with Crippen molar-refractivity contribution in [3.8, 4) is 0 Å². The number of nitrogens with zero attached hydrogens (tertiary/aromatic N) is 2. The molecule has 0 saturated heterocycles. The second-order valence-electron chi connectivity index (χ2n) is 9.36. The lowest BCUT2D eigenvalue weighted by Gasteiger charge is -2.35. The molecule has 36 heavy (non-hydrogen) atoms. The highest BCUT2D eigenvalue weighted by atomic mass is 16.3. The first-order valence-corrected chi connectivity index (χ1v) is 12.9. The number of allylic oxidation sites excluding steroid dienone is 1. The average molecular weight is 484 g/mol. The van der Waals surface area contributed by atoms with Gasteiger partial charge >= 0.3 is 0 Å². The monoisotopic (exact) mass is 483 g/mol. The Labute approximate surface area is 212 Å². The standard InChI is InChI=1S/C30H33N3O3/c1-4-28(35)33-25-11-8-7-10-23(25)31-24-18-21(27-12-9-17-36-27)19-26(34)29(24)30(33)20-13-15-22(16-14-20)32(5-2)6-3/h7-17,21,30-31H,4-6,18-19H2,1-3H3/t21-,30-/m0/s1. The Morgan fingerprint density at radius 1 is 1.00 bits per heavy atom. The van der Waals surface area contributed by atoms with Gasteiger partial charge in [-0.2, -0.15) is 0 Å². The van der Waals surface area contributed by atoms with Crippen LogP contribution >= 0.6 is 0 Å². The van der Waals surface area contributed by atoms with E-state index in [9.17, 15) is 9.59 Å². The molecule has 6 heteroatoms. The minimum atomic E-state index is -0.501. The Morgan fingerprint density at radius 3 is 2.42 bits per heavy atom. The molecule has 2 aliphatic rings. The average Bonchev–Trinajstić information content (AvgIpc) is 3.39. The molecular formula is C30H33N3O3. The van der Waals surface area contributed by atoms with Gasteiger partial charge in [-0.25, -0.2) is 0 Å². The fourth-order valence-corrected chi connectivity index (χ4v) is 5.53. The van der Waals surface area contributed by atoms with Crippen molar-refractivity contribution < 1.29 is 14.0 Å². The summed E-state index contributed by atoms with van der Waals surface area (Å²) in [6.45, 7) is 7.98. The summed E-state index contributed by atoms with van der Waals surface area (Å²) in [5.41, 5.74) is 5.23. The predicted octanol–water partition coefficient (Wildman–Crippen LogP) is 6.44. The number of Topliss-reactive ketones (excluding diaryl/α,β-unsaturated/α-hetero) is 1. The van der Waals surface area contributed by atoms with E-state index in [-0.39, 0.29) is 17.6 Å². The fraction of sp³-hybridized carbons (Fsp3) is 0.333. The number of benzene rings is 2. The number of hydrogen-bond acceptors (Lipinski definition) is 5. The summed E-state index contributed by atoms with van der Waals surface area (Å²) in [7, 11) is 0. The molecule has 1 aromatic heterocycles. The zero-order valence-corrected chi connectivity index (χ0v) is 21.2. The topological polar surface area (TPSA) is 65.8 Å². The van der Waals surface area contributed by atoms with E-state index in [0.29, 0.717) is 24.8 Å². The number of amides is 1. The number of carbonyl (C=O) groups excluding carboxylic acids is 2. The van der Waals surface area contributed by atoms with E-state index < -0.39 is 6.04 Å². The van der Waals surface area contributed by atoms with Gasteiger partial charge in [-0.3, -0.25) is 14.5 Å². The van der Waals surface area contributed by atoms with Gasteiger partial charge < -0.3 is 14.6 Å². The molecule has 0 fully saturated rings. The van der Waals surface area contributed by atoms with Gasteiger partial charge in [-0.15, -0.1) is 0 Å². The molecule has 0 bridgehead atoms. The highest BCUT2D eigenvalue weighted by Crippen LogP contribution is 2.47. The fourth-order valence-electron chi connectivity index (χ4n) is 5.53. The lowest BCUT2D eigenvalue weighted by molar-refractivity contribution is -0.119. The summed E-state index contributed by atoms with van der Waals surface area (Å²) in [6, 6.07) is 19.5. The first-order valence-electron chi connectivity index (χ1n) is 12.9. The SMILES string of the molecule is CCC(=O)N1c2ccccc2NC2=C(C(=O)C[C@@H](c3ccco3)C2)[C@@H]1c1ccc(N(CC)CC)cc1. The molecule has 2 atom stereocenters. The maximum absolute atomic E-state index is 13.9. The molecule has 0 saturated carbocycles. The van der Waals surface area contributed by atoms with Crippen LogP contribution in [0.5, 0.6) is 0 Å². The maximum atomic E-state index is 13.9. The minimum absolute atomic E-state index is 0.0169. The van der Waals surface area contributed by atoms with Crippen LogP contribution in [-0.2, 0) is 9.59 Å². The van der Waals surface area contributed by atoms with Crippen molar-refractivity contribution in [2.75, 3.05) is 28.2 Å². The van der Waals surface area contributed by atoms with Gasteiger partial charge in [0.05, 0.1) is 23.7 Å². The van der Waals surface area contributed by atoms with Gasteiger partial charge in [0, 0.05) is 48.8 Å². The summed E-state index contributed by atoms with van der Waals surface area (Å²) in [5, 5.41) is 3.56. The second-order valence-corrected chi connectivity index (χ2v) is 9.36. The number of anilines is 3. The number of hydrogen-bond donors (Lipinski definition) is 1. The number of carbonyl (C=O) groups is 2. The minimum Gasteiger partial charge on any atom is -0.469 e. The number of rotatable bonds is 6. The zero-order chi connectivity index (χ0) is 25.2. The number of furan rings is 1. The Balaban J connectivity index is 1.68. The van der Waals surface area contributed by atoms with Crippen LogP contribution in [-0.4, -0.2) is 24.8 Å². The molecular weight excluding hydrogens is 450 g/mol. The van der Waals surface area contributed by atoms with Crippen LogP contribution in [0.1, 0.15) is 63.3 Å². The highest BCUT2D eigenvalue weighted by Gasteiger charge is 2.41. The van der Waals surface area contributed by atoms with Gasteiger partial charge in [0.2, 0.25) is 5.91 Å². The number of para-hydroxylation sites is 2. The van der Waals surface area contributed by atoms with Crippen LogP contribution in [0.25, 0.3) is 0 Å². The molecule has 0 spiro atoms. The second kappa shape index (κ2) is 10.1. The van der Waals surface area contributed by atoms with E-state index in [1.165, 1.54) is 0 Å². The molecule has 1 aliphatic carbocycles. The van der Waals surface area contributed by atoms with Crippen LogP contribution in [0.4, 0.5) is 17.1 Å². The van der Waals surface area contributed by atoms with E-state index >= 15 is 0 Å². The van der Waals surface area contributed by atoms with Gasteiger partial charge in [0.15, 0.2) is 5.78 Å². The quantitative estimate of drug-likeness (QED) is 0.437. The Morgan fingerprint density at radius 2 is 1.75 bits per heavy atom. The number of nitrogens with one attached hydrogen (secondary N) is 1. The number of ketones is 1. The molecule has 5 rings (SSSR count). The lowest BCUT2D eigenvalue weighted by atomic mass is 9.80. The highest BCUT2D eigenvalue weighted by molar-refractivity contribution is 6.06. The molecule has 186 valence electrons. The molecule has 1 N–H and O–H groups in total. The maximum Gasteiger partial charge on any atom is 0.227 e. The van der Waals surface area contributed by atoms with Crippen molar-refractivity contribution in [2.24, 2.45) is 0 Å². The Hall–Kier alpha value is -3.80. The van der Waals surface area contributed by atoms with Gasteiger partial charge in [-0.1, -0.05) is 31.2 Å². The van der Waals surface area contributed by atoms with E-state index in [1.54, 1.807) is 6.26 Å².